The topological polar surface area (TPSA) is 54.4 Å². The van der Waals surface area contributed by atoms with Gasteiger partial charge in [0.2, 0.25) is 5.78 Å². The van der Waals surface area contributed by atoms with Crippen molar-refractivity contribution in [3.8, 4) is 0 Å². The van der Waals surface area contributed by atoms with Gasteiger partial charge < -0.3 is 5.11 Å². The summed E-state index contributed by atoms with van der Waals surface area (Å²) in [6.07, 6.45) is 2.73. The third-order valence-corrected chi connectivity index (χ3v) is 3.31. The van der Waals surface area contributed by atoms with E-state index in [4.69, 9.17) is 5.11 Å². The van der Waals surface area contributed by atoms with Crippen LogP contribution in [0.1, 0.15) is 45.1 Å². The molecule has 0 aromatic heterocycles. The normalized spacial score (nSPS) is 11.2. The molecule has 1 N–H and O–H groups in total. The fourth-order valence-corrected chi connectivity index (χ4v) is 2.59. The number of carboxylic acids is 1. The van der Waals surface area contributed by atoms with Gasteiger partial charge in [0, 0.05) is 0 Å². The maximum Gasteiger partial charge on any atom is 0.373 e. The van der Waals surface area contributed by atoms with Crippen LogP contribution >= 0.6 is 0 Å². The molecule has 1 aromatic carbocycles. The van der Waals surface area contributed by atoms with Gasteiger partial charge in [0.05, 0.1) is 5.41 Å². The molecule has 3 heteroatoms. The zero-order valence-electron chi connectivity index (χ0n) is 11.0. The zero-order valence-corrected chi connectivity index (χ0v) is 11.0. The average molecular weight is 248 g/mol. The number of rotatable bonds is 7. The zero-order chi connectivity index (χ0) is 13.6. The summed E-state index contributed by atoms with van der Waals surface area (Å²) in [6.45, 7) is 3.95. The van der Waals surface area contributed by atoms with E-state index in [1.54, 1.807) is 0 Å². The molecule has 3 nitrogen and oxygen atoms in total. The summed E-state index contributed by atoms with van der Waals surface area (Å²) in [6, 6.07) is 9.28. The second-order valence-corrected chi connectivity index (χ2v) is 4.58. The number of carbonyl (C=O) groups excluding carboxylic acids is 1. The Morgan fingerprint density at radius 2 is 1.56 bits per heavy atom. The molecule has 0 fully saturated rings. The number of aliphatic carboxylic acids is 1. The molecule has 18 heavy (non-hydrogen) atoms. The predicted molar refractivity (Wildman–Crippen MR) is 70.6 cm³/mol. The Labute approximate surface area is 108 Å². The van der Waals surface area contributed by atoms with Crippen LogP contribution in [0.4, 0.5) is 0 Å². The molecular formula is C15H20O3. The van der Waals surface area contributed by atoms with Crippen molar-refractivity contribution in [1.29, 1.82) is 0 Å². The minimum absolute atomic E-state index is 0.579. The monoisotopic (exact) mass is 248 g/mol. The molecule has 0 radical (unpaired) electrons. The van der Waals surface area contributed by atoms with Crippen molar-refractivity contribution >= 4 is 11.8 Å². The van der Waals surface area contributed by atoms with Gasteiger partial charge in [-0.05, 0) is 18.4 Å². The van der Waals surface area contributed by atoms with Crippen LogP contribution in [0, 0.1) is 0 Å². The quantitative estimate of drug-likeness (QED) is 0.754. The highest BCUT2D eigenvalue weighted by Crippen LogP contribution is 2.35. The van der Waals surface area contributed by atoms with Crippen LogP contribution in [0.3, 0.4) is 0 Å². The Hall–Kier alpha value is -1.64. The maximum absolute atomic E-state index is 12.1. The first-order valence-electron chi connectivity index (χ1n) is 6.41. The number of Topliss-reactive ketones (excluding diaryl/α,β-unsaturated/α-hetero) is 1. The van der Waals surface area contributed by atoms with E-state index in [0.717, 1.165) is 18.4 Å². The molecule has 0 aliphatic rings. The second-order valence-electron chi connectivity index (χ2n) is 4.58. The molecule has 0 heterocycles. The molecule has 0 aliphatic heterocycles. The first-order valence-corrected chi connectivity index (χ1v) is 6.41. The fraction of sp³-hybridized carbons (Fsp3) is 0.467. The Morgan fingerprint density at radius 1 is 1.06 bits per heavy atom. The van der Waals surface area contributed by atoms with Gasteiger partial charge in [-0.3, -0.25) is 4.79 Å². The smallest absolute Gasteiger partial charge is 0.373 e. The highest BCUT2D eigenvalue weighted by molar-refractivity contribution is 6.36. The molecular weight excluding hydrogens is 228 g/mol. The van der Waals surface area contributed by atoms with Gasteiger partial charge in [-0.15, -0.1) is 0 Å². The number of benzene rings is 1. The van der Waals surface area contributed by atoms with Crippen LogP contribution in [-0.4, -0.2) is 16.9 Å². The summed E-state index contributed by atoms with van der Waals surface area (Å²) in [5, 5.41) is 9.08. The van der Waals surface area contributed by atoms with E-state index in [-0.39, 0.29) is 0 Å². The lowest BCUT2D eigenvalue weighted by Crippen LogP contribution is -2.40. The van der Waals surface area contributed by atoms with Crippen molar-refractivity contribution in [1.82, 2.24) is 0 Å². The molecule has 98 valence electrons. The number of ketones is 1. The summed E-state index contributed by atoms with van der Waals surface area (Å²) in [5.41, 5.74) is -0.0440. The standard InChI is InChI=1S/C15H20O3/c1-3-10-15(11-4-2,13(16)14(17)18)12-8-6-5-7-9-12/h5-9H,3-4,10-11H2,1-2H3,(H,17,18). The summed E-state index contributed by atoms with van der Waals surface area (Å²) in [5.74, 6) is -2.02. The van der Waals surface area contributed by atoms with Crippen molar-refractivity contribution in [3.05, 3.63) is 35.9 Å². The molecule has 0 saturated heterocycles. The van der Waals surface area contributed by atoms with E-state index < -0.39 is 17.2 Å². The van der Waals surface area contributed by atoms with Gasteiger partial charge in [0.15, 0.2) is 0 Å². The SMILES string of the molecule is CCCC(CCC)(C(=O)C(=O)O)c1ccccc1. The highest BCUT2D eigenvalue weighted by atomic mass is 16.4. The number of hydrogen-bond donors (Lipinski definition) is 1. The third-order valence-electron chi connectivity index (χ3n) is 3.31. The largest absolute Gasteiger partial charge is 0.475 e. The van der Waals surface area contributed by atoms with E-state index in [1.165, 1.54) is 0 Å². The Morgan fingerprint density at radius 3 is 1.94 bits per heavy atom. The Balaban J connectivity index is 3.29. The number of hydrogen-bond acceptors (Lipinski definition) is 2. The lowest BCUT2D eigenvalue weighted by Gasteiger charge is -2.31. The van der Waals surface area contributed by atoms with Gasteiger partial charge in [-0.2, -0.15) is 0 Å². The summed E-state index contributed by atoms with van der Waals surface area (Å²) < 4.78 is 0. The van der Waals surface area contributed by atoms with Crippen LogP contribution < -0.4 is 0 Å². The van der Waals surface area contributed by atoms with E-state index in [1.807, 2.05) is 44.2 Å². The minimum Gasteiger partial charge on any atom is -0.475 e. The fourth-order valence-electron chi connectivity index (χ4n) is 2.59. The predicted octanol–water partition coefficient (Wildman–Crippen LogP) is 3.18. The van der Waals surface area contributed by atoms with E-state index in [2.05, 4.69) is 0 Å². The number of carbonyl (C=O) groups is 2. The van der Waals surface area contributed by atoms with Gasteiger partial charge in [0.1, 0.15) is 0 Å². The van der Waals surface area contributed by atoms with Crippen LogP contribution in [0.2, 0.25) is 0 Å². The summed E-state index contributed by atoms with van der Waals surface area (Å²) in [7, 11) is 0. The van der Waals surface area contributed by atoms with Gasteiger partial charge in [-0.1, -0.05) is 57.0 Å². The molecule has 0 amide bonds. The number of carboxylic acid groups (broad SMARTS) is 1. The van der Waals surface area contributed by atoms with E-state index in [9.17, 15) is 9.59 Å². The molecule has 1 aromatic rings. The van der Waals surface area contributed by atoms with Gasteiger partial charge in [0.25, 0.3) is 0 Å². The van der Waals surface area contributed by atoms with Crippen LogP contribution in [-0.2, 0) is 15.0 Å². The maximum atomic E-state index is 12.1. The van der Waals surface area contributed by atoms with E-state index in [0.29, 0.717) is 12.8 Å². The summed E-state index contributed by atoms with van der Waals surface area (Å²) in [4.78, 5) is 23.3. The molecule has 0 aliphatic carbocycles. The van der Waals surface area contributed by atoms with Crippen molar-refractivity contribution in [2.24, 2.45) is 0 Å². The Bertz CT molecular complexity index is 403. The first kappa shape index (κ1) is 14.4. The molecule has 1 rings (SSSR count). The molecule has 0 saturated carbocycles. The lowest BCUT2D eigenvalue weighted by atomic mass is 9.70. The minimum atomic E-state index is -1.33. The van der Waals surface area contributed by atoms with Crippen LogP contribution in [0.5, 0.6) is 0 Å². The second kappa shape index (κ2) is 6.34. The Kier molecular flexibility index (Phi) is 5.08. The van der Waals surface area contributed by atoms with Crippen molar-refractivity contribution < 1.29 is 14.7 Å². The average Bonchev–Trinajstić information content (AvgIpc) is 2.38. The molecule has 0 atom stereocenters. The van der Waals surface area contributed by atoms with Crippen LogP contribution in [0.25, 0.3) is 0 Å². The summed E-state index contributed by atoms with van der Waals surface area (Å²) >= 11 is 0. The third kappa shape index (κ3) is 2.78. The van der Waals surface area contributed by atoms with Crippen molar-refractivity contribution in [2.75, 3.05) is 0 Å². The molecule has 0 unspecified atom stereocenters. The van der Waals surface area contributed by atoms with Crippen molar-refractivity contribution in [3.63, 3.8) is 0 Å². The van der Waals surface area contributed by atoms with E-state index >= 15 is 0 Å². The highest BCUT2D eigenvalue weighted by Gasteiger charge is 2.41. The first-order chi connectivity index (χ1) is 8.58. The van der Waals surface area contributed by atoms with Gasteiger partial charge >= 0.3 is 5.97 Å². The lowest BCUT2D eigenvalue weighted by molar-refractivity contribution is -0.152. The molecule has 0 spiro atoms. The van der Waals surface area contributed by atoms with Crippen molar-refractivity contribution in [2.45, 2.75) is 44.9 Å². The van der Waals surface area contributed by atoms with Gasteiger partial charge in [-0.25, -0.2) is 4.79 Å². The van der Waals surface area contributed by atoms with Crippen LogP contribution in [0.15, 0.2) is 30.3 Å². The molecule has 0 bridgehead atoms.